The van der Waals surface area contributed by atoms with Crippen molar-refractivity contribution >= 4 is 40.6 Å². The van der Waals surface area contributed by atoms with Gasteiger partial charge in [-0.25, -0.2) is 0 Å². The van der Waals surface area contributed by atoms with E-state index < -0.39 is 0 Å². The maximum atomic E-state index is 12.5. The molecule has 1 aliphatic carbocycles. The average molecular weight is 354 g/mol. The monoisotopic (exact) mass is 352 g/mol. The van der Waals surface area contributed by atoms with Gasteiger partial charge in [-0.15, -0.1) is 0 Å². The normalized spacial score (nSPS) is 20.5. The molecule has 114 valence electrons. The molecular weight excluding hydrogens is 339 g/mol. The molecule has 0 spiro atoms. The lowest BCUT2D eigenvalue weighted by Gasteiger charge is -2.37. The Balaban J connectivity index is 1.77. The number of rotatable bonds is 4. The largest absolute Gasteiger partial charge is 0.294 e. The van der Waals surface area contributed by atoms with E-state index in [1.54, 1.807) is 12.1 Å². The fraction of sp³-hybridized carbons (Fsp3) is 0.278. The quantitative estimate of drug-likeness (QED) is 0.580. The van der Waals surface area contributed by atoms with Gasteiger partial charge in [0.2, 0.25) is 0 Å². The number of hydrogen-bond acceptors (Lipinski definition) is 1. The lowest BCUT2D eigenvalue weighted by atomic mass is 9.67. The van der Waals surface area contributed by atoms with Gasteiger partial charge in [0, 0.05) is 22.0 Å². The van der Waals surface area contributed by atoms with Crippen LogP contribution in [0.5, 0.6) is 0 Å². The number of hydrogen-bond donors (Lipinski definition) is 0. The summed E-state index contributed by atoms with van der Waals surface area (Å²) in [5.74, 6) is 0.622. The fourth-order valence-electron chi connectivity index (χ4n) is 3.09. The number of benzene rings is 2. The molecule has 22 heavy (non-hydrogen) atoms. The van der Waals surface area contributed by atoms with Crippen LogP contribution in [-0.4, -0.2) is 5.78 Å². The van der Waals surface area contributed by atoms with Crippen molar-refractivity contribution in [3.63, 3.8) is 0 Å². The van der Waals surface area contributed by atoms with Gasteiger partial charge in [0.15, 0.2) is 5.78 Å². The van der Waals surface area contributed by atoms with E-state index in [1.165, 1.54) is 0 Å². The van der Waals surface area contributed by atoms with Gasteiger partial charge < -0.3 is 0 Å². The Morgan fingerprint density at radius 1 is 0.909 bits per heavy atom. The Kier molecular flexibility index (Phi) is 4.77. The predicted octanol–water partition coefficient (Wildman–Crippen LogP) is 6.41. The number of ketones is 1. The van der Waals surface area contributed by atoms with Crippen LogP contribution in [0.4, 0.5) is 0 Å². The van der Waals surface area contributed by atoms with Gasteiger partial charge in [-0.3, -0.25) is 4.79 Å². The van der Waals surface area contributed by atoms with Crippen LogP contribution in [-0.2, 0) is 0 Å². The Bertz CT molecular complexity index is 691. The summed E-state index contributed by atoms with van der Waals surface area (Å²) in [4.78, 5) is 12.5. The molecule has 0 aromatic heterocycles. The van der Waals surface area contributed by atoms with Crippen molar-refractivity contribution in [2.45, 2.75) is 25.2 Å². The van der Waals surface area contributed by atoms with Gasteiger partial charge in [0.05, 0.1) is 5.02 Å². The molecule has 2 aromatic rings. The highest BCUT2D eigenvalue weighted by atomic mass is 35.5. The van der Waals surface area contributed by atoms with Crippen molar-refractivity contribution in [2.75, 3.05) is 0 Å². The van der Waals surface area contributed by atoms with Crippen molar-refractivity contribution in [1.29, 1.82) is 0 Å². The van der Waals surface area contributed by atoms with E-state index in [0.717, 1.165) is 18.4 Å². The number of carbonyl (C=O) groups excluding carboxylic acids is 1. The molecule has 0 aliphatic heterocycles. The minimum atomic E-state index is 0.0866. The lowest BCUT2D eigenvalue weighted by molar-refractivity contribution is 0.0919. The Labute approximate surface area is 145 Å². The summed E-state index contributed by atoms with van der Waals surface area (Å²) in [6.07, 6.45) is 2.52. The van der Waals surface area contributed by atoms with Gasteiger partial charge in [-0.2, -0.15) is 0 Å². The highest BCUT2D eigenvalue weighted by Crippen LogP contribution is 2.49. The summed E-state index contributed by atoms with van der Waals surface area (Å²) in [5, 5.41) is 1.89. The van der Waals surface area contributed by atoms with E-state index in [-0.39, 0.29) is 17.6 Å². The highest BCUT2D eigenvalue weighted by Gasteiger charge is 2.36. The summed E-state index contributed by atoms with van der Waals surface area (Å²) in [7, 11) is 0. The lowest BCUT2D eigenvalue weighted by Crippen LogP contribution is -2.27. The van der Waals surface area contributed by atoms with Crippen LogP contribution >= 0.6 is 34.8 Å². The molecule has 0 heterocycles. The van der Waals surface area contributed by atoms with E-state index in [1.807, 2.05) is 30.3 Å². The van der Waals surface area contributed by atoms with Gasteiger partial charge >= 0.3 is 0 Å². The maximum Gasteiger partial charge on any atom is 0.164 e. The van der Waals surface area contributed by atoms with Crippen molar-refractivity contribution < 1.29 is 4.79 Å². The Hall–Kier alpha value is -1.02. The first-order valence-corrected chi connectivity index (χ1v) is 8.43. The zero-order chi connectivity index (χ0) is 15.7. The third-order valence-corrected chi connectivity index (χ3v) is 5.40. The summed E-state index contributed by atoms with van der Waals surface area (Å²) < 4.78 is 0. The van der Waals surface area contributed by atoms with E-state index in [9.17, 15) is 4.79 Å². The molecule has 0 N–H and O–H groups in total. The summed E-state index contributed by atoms with van der Waals surface area (Å²) >= 11 is 18.7. The van der Waals surface area contributed by atoms with E-state index in [0.29, 0.717) is 27.1 Å². The molecular formula is C18H15Cl3O. The second kappa shape index (κ2) is 6.62. The van der Waals surface area contributed by atoms with Crippen LogP contribution in [0.25, 0.3) is 0 Å². The summed E-state index contributed by atoms with van der Waals surface area (Å²) in [6.45, 7) is 0. The second-order valence-corrected chi connectivity index (χ2v) is 6.91. The molecule has 0 bridgehead atoms. The molecule has 1 saturated carbocycles. The minimum absolute atomic E-state index is 0.0866. The third kappa shape index (κ3) is 3.03. The van der Waals surface area contributed by atoms with Crippen LogP contribution in [0.1, 0.15) is 41.1 Å². The molecule has 4 heteroatoms. The molecule has 3 rings (SSSR count). The third-order valence-electron chi connectivity index (χ3n) is 4.41. The first-order chi connectivity index (χ1) is 10.6. The van der Waals surface area contributed by atoms with Crippen LogP contribution in [0.2, 0.25) is 15.1 Å². The zero-order valence-electron chi connectivity index (χ0n) is 11.9. The average Bonchev–Trinajstić information content (AvgIpc) is 2.47. The van der Waals surface area contributed by atoms with Gasteiger partial charge in [0.1, 0.15) is 0 Å². The molecule has 1 fully saturated rings. The first-order valence-electron chi connectivity index (χ1n) is 7.29. The number of Topliss-reactive ketones (excluding diaryl/α,β-unsaturated/α-hetero) is 1. The first kappa shape index (κ1) is 15.9. The van der Waals surface area contributed by atoms with Crippen LogP contribution in [0, 0.1) is 5.92 Å². The molecule has 1 aliphatic rings. The Morgan fingerprint density at radius 3 is 2.14 bits per heavy atom. The Morgan fingerprint density at radius 2 is 1.55 bits per heavy atom. The fourth-order valence-corrected chi connectivity index (χ4v) is 4.01. The highest BCUT2D eigenvalue weighted by molar-refractivity contribution is 6.36. The van der Waals surface area contributed by atoms with Crippen molar-refractivity contribution in [3.05, 3.63) is 68.7 Å². The van der Waals surface area contributed by atoms with Crippen LogP contribution in [0.3, 0.4) is 0 Å². The molecule has 0 amide bonds. The van der Waals surface area contributed by atoms with Gasteiger partial charge in [-0.05, 0) is 54.5 Å². The smallest absolute Gasteiger partial charge is 0.164 e. The zero-order valence-corrected chi connectivity index (χ0v) is 14.1. The number of halogens is 3. The maximum absolute atomic E-state index is 12.5. The van der Waals surface area contributed by atoms with Gasteiger partial charge in [-0.1, -0.05) is 53.0 Å². The minimum Gasteiger partial charge on any atom is -0.294 e. The predicted molar refractivity (Wildman–Crippen MR) is 92.3 cm³/mol. The molecule has 2 aromatic carbocycles. The molecule has 0 unspecified atom stereocenters. The van der Waals surface area contributed by atoms with Crippen LogP contribution < -0.4 is 0 Å². The van der Waals surface area contributed by atoms with Crippen molar-refractivity contribution in [2.24, 2.45) is 5.92 Å². The van der Waals surface area contributed by atoms with E-state index >= 15 is 0 Å². The van der Waals surface area contributed by atoms with E-state index in [2.05, 4.69) is 0 Å². The molecule has 0 radical (unpaired) electrons. The van der Waals surface area contributed by atoms with E-state index in [4.69, 9.17) is 34.8 Å². The molecule has 1 nitrogen and oxygen atoms in total. The van der Waals surface area contributed by atoms with Crippen molar-refractivity contribution in [1.82, 2.24) is 0 Å². The van der Waals surface area contributed by atoms with Crippen LogP contribution in [0.15, 0.2) is 42.5 Å². The topological polar surface area (TPSA) is 17.1 Å². The SMILES string of the molecule is O=C(C[C@@H]1CC[C@@H]1c1c(Cl)cccc1Cl)c1ccccc1Cl. The number of carbonyl (C=O) groups is 1. The molecule has 2 atom stereocenters. The standard InChI is InChI=1S/C18H15Cl3O/c19-14-5-2-1-4-13(14)17(22)10-11-8-9-12(11)18-15(20)6-3-7-16(18)21/h1-7,11-12H,8-10H2/t11-,12-/m0/s1. The summed E-state index contributed by atoms with van der Waals surface area (Å²) in [5.41, 5.74) is 1.58. The summed E-state index contributed by atoms with van der Waals surface area (Å²) in [6, 6.07) is 12.7. The van der Waals surface area contributed by atoms with Crippen molar-refractivity contribution in [3.8, 4) is 0 Å². The van der Waals surface area contributed by atoms with Gasteiger partial charge in [0.25, 0.3) is 0 Å². The molecule has 0 saturated heterocycles. The second-order valence-electron chi connectivity index (χ2n) is 5.69.